The average molecular weight is 357 g/mol. The lowest BCUT2D eigenvalue weighted by Crippen LogP contribution is -2.38. The highest BCUT2D eigenvalue weighted by Gasteiger charge is 2.34. The molecule has 0 spiro atoms. The van der Waals surface area contributed by atoms with Gasteiger partial charge >= 0.3 is 12.1 Å². The number of piperidine rings is 1. The van der Waals surface area contributed by atoms with E-state index in [2.05, 4.69) is 4.90 Å². The van der Waals surface area contributed by atoms with E-state index in [0.717, 1.165) is 43.5 Å². The summed E-state index contributed by atoms with van der Waals surface area (Å²) >= 11 is 0. The number of rotatable bonds is 5. The molecule has 0 bridgehead atoms. The van der Waals surface area contributed by atoms with E-state index < -0.39 is 11.7 Å². The van der Waals surface area contributed by atoms with Gasteiger partial charge in [0.25, 0.3) is 0 Å². The van der Waals surface area contributed by atoms with Crippen molar-refractivity contribution in [2.45, 2.75) is 45.3 Å². The van der Waals surface area contributed by atoms with E-state index in [-0.39, 0.29) is 23.8 Å². The van der Waals surface area contributed by atoms with Gasteiger partial charge in [-0.1, -0.05) is 26.0 Å². The molecule has 1 aliphatic heterocycles. The number of carbonyl (C=O) groups is 1. The topological polar surface area (TPSA) is 29.5 Å². The van der Waals surface area contributed by atoms with Crippen molar-refractivity contribution in [2.75, 3.05) is 20.2 Å². The van der Waals surface area contributed by atoms with Crippen molar-refractivity contribution < 1.29 is 22.7 Å². The van der Waals surface area contributed by atoms with Gasteiger partial charge in [-0.15, -0.1) is 0 Å². The molecule has 1 aromatic rings. The third-order valence-electron chi connectivity index (χ3n) is 5.04. The summed E-state index contributed by atoms with van der Waals surface area (Å²) in [6, 6.07) is 5.29. The molecule has 2 rings (SSSR count). The molecule has 0 radical (unpaired) electrons. The number of alkyl halides is 3. The molecule has 0 saturated carbocycles. The van der Waals surface area contributed by atoms with E-state index >= 15 is 0 Å². The SMILES string of the molecule is CCC(C)C(=O)OCC1CCCN(C)C1c1ccc(C(F)(F)F)cc1. The van der Waals surface area contributed by atoms with Gasteiger partial charge in [-0.05, 0) is 50.6 Å². The lowest BCUT2D eigenvalue weighted by molar-refractivity contribution is -0.150. The molecule has 1 aliphatic rings. The number of esters is 1. The summed E-state index contributed by atoms with van der Waals surface area (Å²) in [7, 11) is 1.96. The summed E-state index contributed by atoms with van der Waals surface area (Å²) in [5.74, 6) is -0.253. The Morgan fingerprint density at radius 2 is 1.96 bits per heavy atom. The first-order valence-electron chi connectivity index (χ1n) is 8.78. The Morgan fingerprint density at radius 3 is 2.52 bits per heavy atom. The fourth-order valence-electron chi connectivity index (χ4n) is 3.33. The standard InChI is InChI=1S/C19H26F3NO2/c1-4-13(2)18(24)25-12-15-6-5-11-23(3)17(15)14-7-9-16(10-8-14)19(20,21)22/h7-10,13,15,17H,4-6,11-12H2,1-3H3. The molecule has 1 heterocycles. The van der Waals surface area contributed by atoms with Gasteiger partial charge in [0.05, 0.1) is 18.1 Å². The van der Waals surface area contributed by atoms with Gasteiger partial charge < -0.3 is 4.74 Å². The molecule has 25 heavy (non-hydrogen) atoms. The third kappa shape index (κ3) is 4.97. The summed E-state index contributed by atoms with van der Waals surface area (Å²) in [6.07, 6.45) is -1.73. The monoisotopic (exact) mass is 357 g/mol. The Hall–Kier alpha value is -1.56. The quantitative estimate of drug-likeness (QED) is 0.717. The Morgan fingerprint density at radius 1 is 1.32 bits per heavy atom. The number of ether oxygens (including phenoxy) is 1. The number of hydrogen-bond donors (Lipinski definition) is 0. The number of likely N-dealkylation sites (tertiary alicyclic amines) is 1. The minimum atomic E-state index is -4.33. The Labute approximate surface area is 147 Å². The van der Waals surface area contributed by atoms with Gasteiger partial charge in [-0.25, -0.2) is 0 Å². The normalized spacial score (nSPS) is 23.3. The number of hydrogen-bond acceptors (Lipinski definition) is 3. The van der Waals surface area contributed by atoms with E-state index in [1.165, 1.54) is 0 Å². The maximum Gasteiger partial charge on any atom is 0.416 e. The van der Waals surface area contributed by atoms with Gasteiger partial charge in [0.15, 0.2) is 0 Å². The van der Waals surface area contributed by atoms with E-state index in [0.29, 0.717) is 6.61 Å². The molecule has 6 heteroatoms. The van der Waals surface area contributed by atoms with Crippen molar-refractivity contribution in [1.82, 2.24) is 4.90 Å². The van der Waals surface area contributed by atoms with Gasteiger partial charge in [0.1, 0.15) is 0 Å². The Balaban J connectivity index is 2.12. The average Bonchev–Trinajstić information content (AvgIpc) is 2.58. The maximum atomic E-state index is 12.8. The fraction of sp³-hybridized carbons (Fsp3) is 0.632. The lowest BCUT2D eigenvalue weighted by Gasteiger charge is -2.39. The maximum absolute atomic E-state index is 12.8. The number of nitrogens with zero attached hydrogens (tertiary/aromatic N) is 1. The molecule has 0 aliphatic carbocycles. The molecule has 0 amide bonds. The zero-order valence-corrected chi connectivity index (χ0v) is 15.0. The molecule has 0 aromatic heterocycles. The van der Waals surface area contributed by atoms with Crippen molar-refractivity contribution in [1.29, 1.82) is 0 Å². The summed E-state index contributed by atoms with van der Waals surface area (Å²) in [6.45, 7) is 4.95. The van der Waals surface area contributed by atoms with Crippen LogP contribution in [0.1, 0.15) is 50.3 Å². The van der Waals surface area contributed by atoms with Crippen LogP contribution in [0.4, 0.5) is 13.2 Å². The van der Waals surface area contributed by atoms with Crippen molar-refractivity contribution in [3.8, 4) is 0 Å². The molecule has 0 N–H and O–H groups in total. The second-order valence-electron chi connectivity index (χ2n) is 6.89. The fourth-order valence-corrected chi connectivity index (χ4v) is 3.33. The number of carbonyl (C=O) groups excluding carboxylic acids is 1. The number of halogens is 3. The van der Waals surface area contributed by atoms with Crippen LogP contribution in [0, 0.1) is 11.8 Å². The minimum Gasteiger partial charge on any atom is -0.465 e. The van der Waals surface area contributed by atoms with E-state index in [4.69, 9.17) is 4.74 Å². The van der Waals surface area contributed by atoms with Crippen LogP contribution in [-0.4, -0.2) is 31.1 Å². The summed E-state index contributed by atoms with van der Waals surface area (Å²) in [4.78, 5) is 14.1. The van der Waals surface area contributed by atoms with E-state index in [1.807, 2.05) is 20.9 Å². The molecule has 3 unspecified atom stereocenters. The van der Waals surface area contributed by atoms with Crippen molar-refractivity contribution in [2.24, 2.45) is 11.8 Å². The largest absolute Gasteiger partial charge is 0.465 e. The first-order valence-corrected chi connectivity index (χ1v) is 8.78. The van der Waals surface area contributed by atoms with Crippen LogP contribution in [0.2, 0.25) is 0 Å². The Bertz CT molecular complexity index is 571. The van der Waals surface area contributed by atoms with Crippen LogP contribution >= 0.6 is 0 Å². The van der Waals surface area contributed by atoms with Gasteiger partial charge in [0, 0.05) is 12.0 Å². The van der Waals surface area contributed by atoms with Crippen molar-refractivity contribution in [3.63, 3.8) is 0 Å². The second kappa shape index (κ2) is 8.21. The highest BCUT2D eigenvalue weighted by atomic mass is 19.4. The molecule has 1 saturated heterocycles. The highest BCUT2D eigenvalue weighted by molar-refractivity contribution is 5.71. The van der Waals surface area contributed by atoms with Crippen LogP contribution < -0.4 is 0 Å². The zero-order chi connectivity index (χ0) is 18.6. The van der Waals surface area contributed by atoms with Gasteiger partial charge in [-0.2, -0.15) is 13.2 Å². The molecule has 3 nitrogen and oxygen atoms in total. The summed E-state index contributed by atoms with van der Waals surface area (Å²) in [5.41, 5.74) is 0.189. The predicted octanol–water partition coefficient (Wildman–Crippen LogP) is 4.68. The molecular weight excluding hydrogens is 331 g/mol. The smallest absolute Gasteiger partial charge is 0.416 e. The summed E-state index contributed by atoms with van der Waals surface area (Å²) in [5, 5.41) is 0. The molecule has 1 fully saturated rings. The van der Waals surface area contributed by atoms with Crippen LogP contribution in [0.25, 0.3) is 0 Å². The van der Waals surface area contributed by atoms with E-state index in [9.17, 15) is 18.0 Å². The third-order valence-corrected chi connectivity index (χ3v) is 5.04. The summed E-state index contributed by atoms with van der Waals surface area (Å²) < 4.78 is 43.8. The molecule has 140 valence electrons. The molecule has 1 aromatic carbocycles. The van der Waals surface area contributed by atoms with Gasteiger partial charge in [-0.3, -0.25) is 9.69 Å². The predicted molar refractivity (Wildman–Crippen MR) is 90.0 cm³/mol. The van der Waals surface area contributed by atoms with Crippen LogP contribution in [-0.2, 0) is 15.7 Å². The van der Waals surface area contributed by atoms with E-state index in [1.54, 1.807) is 12.1 Å². The minimum absolute atomic E-state index is 0.0410. The Kier molecular flexibility index (Phi) is 6.49. The van der Waals surface area contributed by atoms with Crippen LogP contribution in [0.3, 0.4) is 0 Å². The zero-order valence-electron chi connectivity index (χ0n) is 15.0. The van der Waals surface area contributed by atoms with Gasteiger partial charge in [0.2, 0.25) is 0 Å². The molecular formula is C19H26F3NO2. The highest BCUT2D eigenvalue weighted by Crippen LogP contribution is 2.37. The number of benzene rings is 1. The second-order valence-corrected chi connectivity index (χ2v) is 6.89. The first kappa shape index (κ1) is 19.8. The van der Waals surface area contributed by atoms with Crippen LogP contribution in [0.15, 0.2) is 24.3 Å². The van der Waals surface area contributed by atoms with Crippen molar-refractivity contribution in [3.05, 3.63) is 35.4 Å². The lowest BCUT2D eigenvalue weighted by atomic mass is 9.85. The van der Waals surface area contributed by atoms with Crippen molar-refractivity contribution >= 4 is 5.97 Å². The molecule has 3 atom stereocenters. The van der Waals surface area contributed by atoms with Crippen LogP contribution in [0.5, 0.6) is 0 Å². The first-order chi connectivity index (χ1) is 11.7.